The van der Waals surface area contributed by atoms with Gasteiger partial charge in [-0.3, -0.25) is 0 Å². The largest absolute Gasteiger partial charge is 0.447 e. The average molecular weight is 511 g/mol. The molecule has 2 saturated heterocycles. The van der Waals surface area contributed by atoms with Crippen LogP contribution in [0.2, 0.25) is 0 Å². The standard InChI is InChI=1S/C19H38N6O10/c20-3-9-8(26)2-7(23)17(32-9)34-15-5(21)1-6(22)16(14(15)29)35-18-13(28)11(24)12(27)10(33-18)4-31-19(25)30/h5-18,26-29H,1-4,20-24H2,(H2,25,30)/t5-,6+,7-,8+,9-,10+,11-,12+,13+,14-,15+,16-,17-,18+/m0/s1. The zero-order valence-corrected chi connectivity index (χ0v) is 19.1. The van der Waals surface area contributed by atoms with Crippen molar-refractivity contribution >= 4 is 6.09 Å². The number of hydrogen-bond acceptors (Lipinski definition) is 15. The molecular formula is C19H38N6O10. The molecule has 14 atom stereocenters. The maximum Gasteiger partial charge on any atom is 0.404 e. The number of primary amides is 1. The van der Waals surface area contributed by atoms with E-state index in [1.807, 2.05) is 0 Å². The third kappa shape index (κ3) is 6.37. The molecule has 0 aromatic rings. The van der Waals surface area contributed by atoms with Gasteiger partial charge >= 0.3 is 6.09 Å². The van der Waals surface area contributed by atoms with Crippen molar-refractivity contribution in [2.24, 2.45) is 34.4 Å². The van der Waals surface area contributed by atoms with Crippen molar-refractivity contribution in [2.75, 3.05) is 13.2 Å². The van der Waals surface area contributed by atoms with Crippen LogP contribution in [0.1, 0.15) is 12.8 Å². The van der Waals surface area contributed by atoms with Gasteiger partial charge in [-0.15, -0.1) is 0 Å². The Morgan fingerprint density at radius 3 is 1.94 bits per heavy atom. The molecule has 2 heterocycles. The van der Waals surface area contributed by atoms with Gasteiger partial charge in [0.2, 0.25) is 0 Å². The number of carbonyl (C=O) groups is 1. The number of carbonyl (C=O) groups excluding carboxylic acids is 1. The summed E-state index contributed by atoms with van der Waals surface area (Å²) in [5, 5.41) is 41.8. The lowest BCUT2D eigenvalue weighted by atomic mass is 9.84. The van der Waals surface area contributed by atoms with Crippen molar-refractivity contribution in [3.63, 3.8) is 0 Å². The molecule has 0 radical (unpaired) electrons. The SMILES string of the molecule is NC[C@@H]1O[C@@H](O[C@H]2[C@H](O)[C@@H](O[C@H]3O[C@H](COC(N)=O)[C@@H](O)[C@H](N)[C@H]3O)[C@H](N)C[C@@H]2N)[C@@H](N)C[C@H]1O. The minimum atomic E-state index is -1.51. The fraction of sp³-hybridized carbons (Fsp3) is 0.947. The average Bonchev–Trinajstić information content (AvgIpc) is 2.79. The van der Waals surface area contributed by atoms with Gasteiger partial charge in [0.05, 0.1) is 24.3 Å². The van der Waals surface area contributed by atoms with Crippen molar-refractivity contribution < 1.29 is 48.9 Å². The Labute approximate surface area is 201 Å². The Morgan fingerprint density at radius 1 is 0.800 bits per heavy atom. The fourth-order valence-electron chi connectivity index (χ4n) is 4.58. The third-order valence-corrected chi connectivity index (χ3v) is 6.62. The second kappa shape index (κ2) is 11.9. The van der Waals surface area contributed by atoms with Crippen LogP contribution < -0.4 is 34.4 Å². The van der Waals surface area contributed by atoms with Crippen LogP contribution in [-0.2, 0) is 23.7 Å². The Bertz CT molecular complexity index is 711. The second-order valence-electron chi connectivity index (χ2n) is 9.23. The van der Waals surface area contributed by atoms with Gasteiger partial charge in [0.15, 0.2) is 12.6 Å². The van der Waals surface area contributed by atoms with E-state index >= 15 is 0 Å². The molecule has 0 aromatic carbocycles. The molecule has 16 N–H and O–H groups in total. The van der Waals surface area contributed by atoms with Crippen LogP contribution >= 0.6 is 0 Å². The predicted molar refractivity (Wildman–Crippen MR) is 117 cm³/mol. The molecule has 1 amide bonds. The maximum atomic E-state index is 11.1. The van der Waals surface area contributed by atoms with E-state index in [4.69, 9.17) is 53.3 Å². The molecule has 16 nitrogen and oxygen atoms in total. The predicted octanol–water partition coefficient (Wildman–Crippen LogP) is -6.19. The van der Waals surface area contributed by atoms with E-state index < -0.39 is 98.3 Å². The van der Waals surface area contributed by atoms with E-state index in [1.165, 1.54) is 0 Å². The highest BCUT2D eigenvalue weighted by atomic mass is 16.7. The van der Waals surface area contributed by atoms with E-state index in [-0.39, 0.29) is 19.4 Å². The molecule has 2 aliphatic heterocycles. The van der Waals surface area contributed by atoms with Gasteiger partial charge in [-0.05, 0) is 12.8 Å². The van der Waals surface area contributed by atoms with Gasteiger partial charge in [-0.1, -0.05) is 0 Å². The Hall–Kier alpha value is -1.25. The molecule has 0 bridgehead atoms. The molecule has 3 fully saturated rings. The van der Waals surface area contributed by atoms with Crippen LogP contribution in [0, 0.1) is 0 Å². The van der Waals surface area contributed by atoms with Crippen LogP contribution in [0.25, 0.3) is 0 Å². The molecule has 1 saturated carbocycles. The Balaban J connectivity index is 1.70. The van der Waals surface area contributed by atoms with E-state index in [2.05, 4.69) is 4.74 Å². The zero-order valence-electron chi connectivity index (χ0n) is 19.1. The molecule has 0 unspecified atom stereocenters. The van der Waals surface area contributed by atoms with Crippen LogP contribution in [0.3, 0.4) is 0 Å². The van der Waals surface area contributed by atoms with E-state index in [9.17, 15) is 25.2 Å². The van der Waals surface area contributed by atoms with Crippen LogP contribution in [-0.4, -0.2) is 125 Å². The molecule has 16 heteroatoms. The first-order chi connectivity index (χ1) is 16.4. The third-order valence-electron chi connectivity index (χ3n) is 6.62. The number of ether oxygens (including phenoxy) is 5. The summed E-state index contributed by atoms with van der Waals surface area (Å²) in [5.74, 6) is 0. The highest BCUT2D eigenvalue weighted by molar-refractivity contribution is 5.64. The summed E-state index contributed by atoms with van der Waals surface area (Å²) in [7, 11) is 0. The van der Waals surface area contributed by atoms with Crippen molar-refractivity contribution in [3.05, 3.63) is 0 Å². The van der Waals surface area contributed by atoms with E-state index in [0.29, 0.717) is 0 Å². The van der Waals surface area contributed by atoms with E-state index in [1.54, 1.807) is 0 Å². The minimum absolute atomic E-state index is 0.0350. The summed E-state index contributed by atoms with van der Waals surface area (Å²) in [6.07, 6.45) is -12.5. The fourth-order valence-corrected chi connectivity index (χ4v) is 4.58. The minimum Gasteiger partial charge on any atom is -0.447 e. The highest BCUT2D eigenvalue weighted by Gasteiger charge is 2.50. The first-order valence-corrected chi connectivity index (χ1v) is 11.4. The van der Waals surface area contributed by atoms with Gasteiger partial charge in [-0.2, -0.15) is 0 Å². The molecular weight excluding hydrogens is 472 g/mol. The number of nitrogens with two attached hydrogens (primary N) is 6. The van der Waals surface area contributed by atoms with Crippen molar-refractivity contribution in [1.82, 2.24) is 0 Å². The molecule has 35 heavy (non-hydrogen) atoms. The highest BCUT2D eigenvalue weighted by Crippen LogP contribution is 2.30. The lowest BCUT2D eigenvalue weighted by molar-refractivity contribution is -0.314. The first kappa shape index (κ1) is 28.3. The van der Waals surface area contributed by atoms with Gasteiger partial charge < -0.3 is 78.5 Å². The lowest BCUT2D eigenvalue weighted by Crippen LogP contribution is -2.68. The monoisotopic (exact) mass is 510 g/mol. The Morgan fingerprint density at radius 2 is 1.37 bits per heavy atom. The molecule has 1 aliphatic carbocycles. The summed E-state index contributed by atoms with van der Waals surface area (Å²) in [6.45, 7) is -0.412. The summed E-state index contributed by atoms with van der Waals surface area (Å²) < 4.78 is 27.6. The summed E-state index contributed by atoms with van der Waals surface area (Å²) in [6, 6.07) is -3.46. The molecule has 0 spiro atoms. The van der Waals surface area contributed by atoms with Crippen molar-refractivity contribution in [3.8, 4) is 0 Å². The first-order valence-electron chi connectivity index (χ1n) is 11.4. The number of rotatable bonds is 7. The molecule has 204 valence electrons. The van der Waals surface area contributed by atoms with Crippen LogP contribution in [0.5, 0.6) is 0 Å². The zero-order chi connectivity index (χ0) is 26.0. The smallest absolute Gasteiger partial charge is 0.404 e. The normalized spacial score (nSPS) is 48.9. The molecule has 3 rings (SSSR count). The Kier molecular flexibility index (Phi) is 9.60. The van der Waals surface area contributed by atoms with Crippen molar-refractivity contribution in [2.45, 2.75) is 98.4 Å². The molecule has 0 aromatic heterocycles. The van der Waals surface area contributed by atoms with Gasteiger partial charge in [0.1, 0.15) is 43.2 Å². The van der Waals surface area contributed by atoms with Crippen molar-refractivity contribution in [1.29, 1.82) is 0 Å². The second-order valence-corrected chi connectivity index (χ2v) is 9.23. The van der Waals surface area contributed by atoms with Gasteiger partial charge in [0, 0.05) is 18.6 Å². The summed E-state index contributed by atoms with van der Waals surface area (Å²) in [4.78, 5) is 10.9. The van der Waals surface area contributed by atoms with Crippen LogP contribution in [0.15, 0.2) is 0 Å². The van der Waals surface area contributed by atoms with Gasteiger partial charge in [0.25, 0.3) is 0 Å². The van der Waals surface area contributed by atoms with Crippen LogP contribution in [0.4, 0.5) is 4.79 Å². The number of amides is 1. The summed E-state index contributed by atoms with van der Waals surface area (Å²) in [5.41, 5.74) is 34.9. The van der Waals surface area contributed by atoms with E-state index in [0.717, 1.165) is 0 Å². The molecule has 3 aliphatic rings. The topological polar surface area (TPSA) is 300 Å². The quantitative estimate of drug-likeness (QED) is 0.152. The van der Waals surface area contributed by atoms with Gasteiger partial charge in [-0.25, -0.2) is 4.79 Å². The summed E-state index contributed by atoms with van der Waals surface area (Å²) >= 11 is 0. The number of aliphatic hydroxyl groups excluding tert-OH is 4. The maximum absolute atomic E-state index is 11.1. The number of aliphatic hydroxyl groups is 4. The number of hydrogen-bond donors (Lipinski definition) is 10. The lowest BCUT2D eigenvalue weighted by Gasteiger charge is -2.47.